The molecule has 1 aromatic heterocycles. The maximum Gasteiger partial charge on any atom is 0.0549 e. The number of thioether (sulfide) groups is 1. The average Bonchev–Trinajstić information content (AvgIpc) is 2.78. The SMILES string of the molecule is CCNc1cncc(NC2CCC(SC)C2)c1. The van der Waals surface area contributed by atoms with E-state index >= 15 is 0 Å². The van der Waals surface area contributed by atoms with Crippen molar-refractivity contribution in [2.45, 2.75) is 37.5 Å². The van der Waals surface area contributed by atoms with Crippen LogP contribution in [0.15, 0.2) is 18.5 Å². The molecule has 1 aliphatic rings. The molecule has 1 aliphatic carbocycles. The minimum Gasteiger partial charge on any atom is -0.384 e. The van der Waals surface area contributed by atoms with Crippen molar-refractivity contribution in [3.8, 4) is 0 Å². The van der Waals surface area contributed by atoms with Crippen molar-refractivity contribution in [3.63, 3.8) is 0 Å². The molecule has 0 bridgehead atoms. The third kappa shape index (κ3) is 3.53. The maximum atomic E-state index is 4.25. The van der Waals surface area contributed by atoms with Crippen molar-refractivity contribution in [2.75, 3.05) is 23.4 Å². The number of rotatable bonds is 5. The van der Waals surface area contributed by atoms with E-state index < -0.39 is 0 Å². The van der Waals surface area contributed by atoms with Crippen molar-refractivity contribution in [1.82, 2.24) is 4.98 Å². The van der Waals surface area contributed by atoms with Gasteiger partial charge >= 0.3 is 0 Å². The Labute approximate surface area is 108 Å². The summed E-state index contributed by atoms with van der Waals surface area (Å²) in [5.74, 6) is 0. The Morgan fingerprint density at radius 2 is 2.18 bits per heavy atom. The number of pyridine rings is 1. The molecule has 2 unspecified atom stereocenters. The molecule has 0 saturated heterocycles. The number of nitrogens with zero attached hydrogens (tertiary/aromatic N) is 1. The second kappa shape index (κ2) is 6.15. The van der Waals surface area contributed by atoms with Gasteiger partial charge in [-0.3, -0.25) is 4.98 Å². The molecule has 0 aliphatic heterocycles. The Bertz CT molecular complexity index is 356. The van der Waals surface area contributed by atoms with Gasteiger partial charge in [-0.05, 0) is 38.5 Å². The zero-order chi connectivity index (χ0) is 12.1. The fraction of sp³-hybridized carbons (Fsp3) is 0.615. The fourth-order valence-corrected chi connectivity index (χ4v) is 3.14. The van der Waals surface area contributed by atoms with Crippen LogP contribution in [0.5, 0.6) is 0 Å². The number of hydrogen-bond acceptors (Lipinski definition) is 4. The van der Waals surface area contributed by atoms with E-state index in [1.54, 1.807) is 0 Å². The van der Waals surface area contributed by atoms with Crippen LogP contribution in [-0.4, -0.2) is 29.1 Å². The number of nitrogens with one attached hydrogen (secondary N) is 2. The van der Waals surface area contributed by atoms with Crippen LogP contribution in [0.3, 0.4) is 0 Å². The molecule has 17 heavy (non-hydrogen) atoms. The first-order valence-electron chi connectivity index (χ1n) is 6.30. The van der Waals surface area contributed by atoms with Gasteiger partial charge in [0.05, 0.1) is 23.8 Å². The van der Waals surface area contributed by atoms with E-state index in [0.717, 1.165) is 23.2 Å². The zero-order valence-electron chi connectivity index (χ0n) is 10.6. The molecular formula is C13H21N3S. The Kier molecular flexibility index (Phi) is 4.54. The second-order valence-corrected chi connectivity index (χ2v) is 5.64. The van der Waals surface area contributed by atoms with Crippen molar-refractivity contribution in [2.24, 2.45) is 0 Å². The smallest absolute Gasteiger partial charge is 0.0549 e. The molecule has 1 aromatic rings. The maximum absolute atomic E-state index is 4.25. The predicted molar refractivity (Wildman–Crippen MR) is 77.0 cm³/mol. The van der Waals surface area contributed by atoms with Gasteiger partial charge in [0.25, 0.3) is 0 Å². The second-order valence-electron chi connectivity index (χ2n) is 4.50. The van der Waals surface area contributed by atoms with Crippen LogP contribution in [0, 0.1) is 0 Å². The first-order valence-corrected chi connectivity index (χ1v) is 7.59. The van der Waals surface area contributed by atoms with E-state index in [2.05, 4.69) is 34.9 Å². The van der Waals surface area contributed by atoms with Crippen LogP contribution >= 0.6 is 11.8 Å². The van der Waals surface area contributed by atoms with Gasteiger partial charge < -0.3 is 10.6 Å². The molecule has 1 saturated carbocycles. The summed E-state index contributed by atoms with van der Waals surface area (Å²) in [7, 11) is 0. The highest BCUT2D eigenvalue weighted by Crippen LogP contribution is 2.30. The van der Waals surface area contributed by atoms with Crippen molar-refractivity contribution in [1.29, 1.82) is 0 Å². The van der Waals surface area contributed by atoms with E-state index in [4.69, 9.17) is 0 Å². The van der Waals surface area contributed by atoms with Crippen molar-refractivity contribution in [3.05, 3.63) is 18.5 Å². The van der Waals surface area contributed by atoms with E-state index in [1.807, 2.05) is 24.2 Å². The standard InChI is InChI=1S/C13H21N3S/c1-3-15-11-6-12(9-14-8-11)16-10-4-5-13(7-10)17-2/h6,8-10,13,15-16H,3-5,7H2,1-2H3. The first-order chi connectivity index (χ1) is 8.31. The highest BCUT2D eigenvalue weighted by atomic mass is 32.2. The van der Waals surface area contributed by atoms with Gasteiger partial charge in [-0.15, -0.1) is 0 Å². The molecule has 1 fully saturated rings. The first kappa shape index (κ1) is 12.6. The van der Waals surface area contributed by atoms with Gasteiger partial charge in [-0.1, -0.05) is 0 Å². The van der Waals surface area contributed by atoms with Crippen molar-refractivity contribution < 1.29 is 0 Å². The summed E-state index contributed by atoms with van der Waals surface area (Å²) in [4.78, 5) is 4.25. The monoisotopic (exact) mass is 251 g/mol. The van der Waals surface area contributed by atoms with Gasteiger partial charge in [0.1, 0.15) is 0 Å². The normalized spacial score (nSPS) is 23.6. The molecule has 0 radical (unpaired) electrons. The van der Waals surface area contributed by atoms with Gasteiger partial charge in [0.15, 0.2) is 0 Å². The Morgan fingerprint density at radius 3 is 2.88 bits per heavy atom. The number of aromatic nitrogens is 1. The molecule has 1 heterocycles. The van der Waals surface area contributed by atoms with Gasteiger partial charge in [-0.2, -0.15) is 11.8 Å². The lowest BCUT2D eigenvalue weighted by Crippen LogP contribution is -2.16. The Morgan fingerprint density at radius 1 is 1.35 bits per heavy atom. The number of anilines is 2. The highest BCUT2D eigenvalue weighted by Gasteiger charge is 2.23. The topological polar surface area (TPSA) is 37.0 Å². The van der Waals surface area contributed by atoms with Crippen LogP contribution in [0.1, 0.15) is 26.2 Å². The number of hydrogen-bond donors (Lipinski definition) is 2. The summed E-state index contributed by atoms with van der Waals surface area (Å²) >= 11 is 1.99. The van der Waals surface area contributed by atoms with Crippen molar-refractivity contribution >= 4 is 23.1 Å². The fourth-order valence-electron chi connectivity index (χ4n) is 2.34. The lowest BCUT2D eigenvalue weighted by molar-refractivity contribution is 0.756. The summed E-state index contributed by atoms with van der Waals surface area (Å²) < 4.78 is 0. The Hall–Kier alpha value is -0.900. The third-order valence-electron chi connectivity index (χ3n) is 3.21. The molecule has 2 rings (SSSR count). The summed E-state index contributed by atoms with van der Waals surface area (Å²) in [6.45, 7) is 3.03. The minimum atomic E-state index is 0.617. The largest absolute Gasteiger partial charge is 0.384 e. The van der Waals surface area contributed by atoms with Crippen LogP contribution < -0.4 is 10.6 Å². The third-order valence-corrected chi connectivity index (χ3v) is 4.30. The molecule has 2 N–H and O–H groups in total. The predicted octanol–water partition coefficient (Wildman–Crippen LogP) is 3.21. The zero-order valence-corrected chi connectivity index (χ0v) is 11.4. The Balaban J connectivity index is 1.92. The van der Waals surface area contributed by atoms with Crippen LogP contribution in [0.2, 0.25) is 0 Å². The highest BCUT2D eigenvalue weighted by molar-refractivity contribution is 7.99. The summed E-state index contributed by atoms with van der Waals surface area (Å²) in [6, 6.07) is 2.76. The van der Waals surface area contributed by atoms with E-state index in [0.29, 0.717) is 6.04 Å². The van der Waals surface area contributed by atoms with Crippen LogP contribution in [0.25, 0.3) is 0 Å². The van der Waals surface area contributed by atoms with Gasteiger partial charge in [0, 0.05) is 17.8 Å². The molecule has 94 valence electrons. The molecule has 0 spiro atoms. The molecule has 0 aromatic carbocycles. The van der Waals surface area contributed by atoms with Crippen LogP contribution in [-0.2, 0) is 0 Å². The average molecular weight is 251 g/mol. The summed E-state index contributed by atoms with van der Waals surface area (Å²) in [5.41, 5.74) is 2.23. The van der Waals surface area contributed by atoms with Gasteiger partial charge in [-0.25, -0.2) is 0 Å². The van der Waals surface area contributed by atoms with E-state index in [1.165, 1.54) is 19.3 Å². The molecule has 0 amide bonds. The quantitative estimate of drug-likeness (QED) is 0.842. The minimum absolute atomic E-state index is 0.617. The molecule has 3 nitrogen and oxygen atoms in total. The van der Waals surface area contributed by atoms with E-state index in [-0.39, 0.29) is 0 Å². The lowest BCUT2D eigenvalue weighted by Gasteiger charge is -2.14. The van der Waals surface area contributed by atoms with Gasteiger partial charge in [0.2, 0.25) is 0 Å². The molecular weight excluding hydrogens is 230 g/mol. The molecule has 4 heteroatoms. The summed E-state index contributed by atoms with van der Waals surface area (Å²) in [6.07, 6.45) is 9.87. The van der Waals surface area contributed by atoms with Crippen LogP contribution in [0.4, 0.5) is 11.4 Å². The molecule has 2 atom stereocenters. The van der Waals surface area contributed by atoms with E-state index in [9.17, 15) is 0 Å². The lowest BCUT2D eigenvalue weighted by atomic mass is 10.2. The summed E-state index contributed by atoms with van der Waals surface area (Å²) in [5, 5.41) is 7.71.